The minimum Gasteiger partial charge on any atom is -0.377 e. The van der Waals surface area contributed by atoms with Crippen LogP contribution < -0.4 is 10.6 Å². The number of aliphatic imine (C=N–C) groups is 1. The van der Waals surface area contributed by atoms with E-state index in [9.17, 15) is 0 Å². The zero-order chi connectivity index (χ0) is 14.9. The van der Waals surface area contributed by atoms with E-state index in [4.69, 9.17) is 4.74 Å². The Kier molecular flexibility index (Phi) is 6.78. The second-order valence-corrected chi connectivity index (χ2v) is 7.29. The Bertz CT molecular complexity index is 371. The SMILES string of the molecule is CN=C(NC(C)C(C)C)NC1C2CCCOC2C1(C)C.I. The molecular formula is C16H32IN3O. The first kappa shape index (κ1) is 19.0. The quantitative estimate of drug-likeness (QED) is 0.428. The molecule has 0 aromatic carbocycles. The van der Waals surface area contributed by atoms with Crippen molar-refractivity contribution in [1.29, 1.82) is 0 Å². The van der Waals surface area contributed by atoms with Crippen LogP contribution in [0.5, 0.6) is 0 Å². The highest BCUT2D eigenvalue weighted by atomic mass is 127. The summed E-state index contributed by atoms with van der Waals surface area (Å²) in [5.41, 5.74) is 0.184. The maximum absolute atomic E-state index is 5.96. The standard InChI is InChI=1S/C16H31N3O.HI/c1-10(2)11(3)18-15(17-6)19-13-12-8-7-9-20-14(12)16(13,4)5;/h10-14H,7-9H2,1-6H3,(H2,17,18,19);1H. The fraction of sp³-hybridized carbons (Fsp3) is 0.938. The molecule has 0 spiro atoms. The van der Waals surface area contributed by atoms with E-state index in [-0.39, 0.29) is 29.4 Å². The number of nitrogens with zero attached hydrogens (tertiary/aromatic N) is 1. The number of hydrogen-bond donors (Lipinski definition) is 2. The van der Waals surface area contributed by atoms with E-state index in [2.05, 4.69) is 50.2 Å². The third kappa shape index (κ3) is 3.84. The maximum Gasteiger partial charge on any atom is 0.191 e. The van der Waals surface area contributed by atoms with Crippen molar-refractivity contribution in [3.05, 3.63) is 0 Å². The van der Waals surface area contributed by atoms with E-state index in [1.165, 1.54) is 12.8 Å². The van der Waals surface area contributed by atoms with E-state index in [1.54, 1.807) is 0 Å². The summed E-state index contributed by atoms with van der Waals surface area (Å²) in [6.45, 7) is 12.2. The van der Waals surface area contributed by atoms with Gasteiger partial charge in [-0.3, -0.25) is 4.99 Å². The molecule has 0 radical (unpaired) electrons. The lowest BCUT2D eigenvalue weighted by molar-refractivity contribution is -0.188. The van der Waals surface area contributed by atoms with Crippen LogP contribution in [0.15, 0.2) is 4.99 Å². The molecule has 2 fully saturated rings. The average molecular weight is 409 g/mol. The molecule has 0 bridgehead atoms. The fourth-order valence-corrected chi connectivity index (χ4v) is 3.52. The Hall–Kier alpha value is -0.0400. The second kappa shape index (κ2) is 7.49. The minimum absolute atomic E-state index is 0. The Balaban J connectivity index is 0.00000220. The smallest absolute Gasteiger partial charge is 0.191 e. The van der Waals surface area contributed by atoms with Crippen LogP contribution >= 0.6 is 24.0 Å². The van der Waals surface area contributed by atoms with Gasteiger partial charge < -0.3 is 15.4 Å². The molecule has 4 unspecified atom stereocenters. The maximum atomic E-state index is 5.96. The van der Waals surface area contributed by atoms with Gasteiger partial charge in [-0.1, -0.05) is 27.7 Å². The second-order valence-electron chi connectivity index (χ2n) is 7.29. The van der Waals surface area contributed by atoms with Crippen molar-refractivity contribution in [3.8, 4) is 0 Å². The molecule has 2 N–H and O–H groups in total. The predicted octanol–water partition coefficient (Wildman–Crippen LogP) is 3.02. The first-order chi connectivity index (χ1) is 9.37. The summed E-state index contributed by atoms with van der Waals surface area (Å²) >= 11 is 0. The Labute approximate surface area is 146 Å². The number of nitrogens with one attached hydrogen (secondary N) is 2. The van der Waals surface area contributed by atoms with Gasteiger partial charge in [-0.2, -0.15) is 0 Å². The Morgan fingerprint density at radius 3 is 2.52 bits per heavy atom. The molecule has 4 atom stereocenters. The van der Waals surface area contributed by atoms with E-state index in [1.807, 2.05) is 7.05 Å². The van der Waals surface area contributed by atoms with Crippen LogP contribution in [0.25, 0.3) is 0 Å². The third-order valence-electron chi connectivity index (χ3n) is 5.21. The summed E-state index contributed by atoms with van der Waals surface area (Å²) in [4.78, 5) is 4.39. The molecule has 1 heterocycles. The largest absolute Gasteiger partial charge is 0.377 e. The molecular weight excluding hydrogens is 377 g/mol. The molecule has 0 aromatic rings. The van der Waals surface area contributed by atoms with Gasteiger partial charge in [0, 0.05) is 37.1 Å². The highest BCUT2D eigenvalue weighted by Crippen LogP contribution is 2.51. The molecule has 4 nitrogen and oxygen atoms in total. The zero-order valence-electron chi connectivity index (χ0n) is 14.3. The highest BCUT2D eigenvalue weighted by Gasteiger charge is 2.58. The van der Waals surface area contributed by atoms with E-state index >= 15 is 0 Å². The molecule has 124 valence electrons. The van der Waals surface area contributed by atoms with Crippen molar-refractivity contribution in [2.24, 2.45) is 22.2 Å². The number of rotatable bonds is 3. The van der Waals surface area contributed by atoms with Crippen molar-refractivity contribution in [2.45, 2.75) is 65.6 Å². The van der Waals surface area contributed by atoms with Gasteiger partial charge in [0.25, 0.3) is 0 Å². The fourth-order valence-electron chi connectivity index (χ4n) is 3.52. The highest BCUT2D eigenvalue weighted by molar-refractivity contribution is 14.0. The van der Waals surface area contributed by atoms with Crippen LogP contribution in [0.3, 0.4) is 0 Å². The van der Waals surface area contributed by atoms with Gasteiger partial charge in [0.1, 0.15) is 0 Å². The van der Waals surface area contributed by atoms with Gasteiger partial charge in [-0.25, -0.2) is 0 Å². The van der Waals surface area contributed by atoms with Crippen LogP contribution in [0.4, 0.5) is 0 Å². The average Bonchev–Trinajstić information content (AvgIpc) is 2.42. The van der Waals surface area contributed by atoms with Gasteiger partial charge in [-0.15, -0.1) is 24.0 Å². The summed E-state index contributed by atoms with van der Waals surface area (Å²) in [7, 11) is 1.85. The van der Waals surface area contributed by atoms with Crippen LogP contribution in [0.1, 0.15) is 47.5 Å². The molecule has 5 heteroatoms. The molecule has 1 saturated carbocycles. The number of halogens is 1. The topological polar surface area (TPSA) is 45.7 Å². The number of ether oxygens (including phenoxy) is 1. The predicted molar refractivity (Wildman–Crippen MR) is 99.4 cm³/mol. The van der Waals surface area contributed by atoms with Crippen molar-refractivity contribution in [3.63, 3.8) is 0 Å². The summed E-state index contributed by atoms with van der Waals surface area (Å²) in [5.74, 6) is 2.15. The van der Waals surface area contributed by atoms with Crippen molar-refractivity contribution in [2.75, 3.05) is 13.7 Å². The van der Waals surface area contributed by atoms with Crippen LogP contribution in [-0.2, 0) is 4.74 Å². The first-order valence-corrected chi connectivity index (χ1v) is 7.99. The van der Waals surface area contributed by atoms with Gasteiger partial charge >= 0.3 is 0 Å². The monoisotopic (exact) mass is 409 g/mol. The number of hydrogen-bond acceptors (Lipinski definition) is 2. The summed E-state index contributed by atoms with van der Waals surface area (Å²) < 4.78 is 5.96. The summed E-state index contributed by atoms with van der Waals surface area (Å²) in [6.07, 6.45) is 2.86. The first-order valence-electron chi connectivity index (χ1n) is 7.99. The zero-order valence-corrected chi connectivity index (χ0v) is 16.6. The van der Waals surface area contributed by atoms with E-state index in [0.29, 0.717) is 30.0 Å². The number of guanidine groups is 1. The lowest BCUT2D eigenvalue weighted by Gasteiger charge is -2.60. The van der Waals surface area contributed by atoms with Crippen molar-refractivity contribution < 1.29 is 4.74 Å². The minimum atomic E-state index is 0. The van der Waals surface area contributed by atoms with Gasteiger partial charge in [0.15, 0.2) is 5.96 Å². The molecule has 2 aliphatic rings. The molecule has 21 heavy (non-hydrogen) atoms. The van der Waals surface area contributed by atoms with Gasteiger partial charge in [0.2, 0.25) is 0 Å². The Morgan fingerprint density at radius 1 is 1.29 bits per heavy atom. The molecule has 2 rings (SSSR count). The molecule has 1 saturated heterocycles. The third-order valence-corrected chi connectivity index (χ3v) is 5.21. The van der Waals surface area contributed by atoms with Gasteiger partial charge in [-0.05, 0) is 25.7 Å². The lowest BCUT2D eigenvalue weighted by Crippen LogP contribution is -2.71. The summed E-state index contributed by atoms with van der Waals surface area (Å²) in [6, 6.07) is 0.876. The molecule has 0 amide bonds. The number of fused-ring (bicyclic) bond motifs is 1. The van der Waals surface area contributed by atoms with E-state index < -0.39 is 0 Å². The molecule has 1 aliphatic carbocycles. The van der Waals surface area contributed by atoms with Crippen molar-refractivity contribution in [1.82, 2.24) is 10.6 Å². The van der Waals surface area contributed by atoms with Crippen LogP contribution in [0, 0.1) is 17.3 Å². The molecule has 1 aliphatic heterocycles. The summed E-state index contributed by atoms with van der Waals surface area (Å²) in [5, 5.41) is 7.13. The van der Waals surface area contributed by atoms with Crippen LogP contribution in [0.2, 0.25) is 0 Å². The Morgan fingerprint density at radius 2 is 1.95 bits per heavy atom. The van der Waals surface area contributed by atoms with E-state index in [0.717, 1.165) is 12.6 Å². The normalized spacial score (nSPS) is 32.5. The van der Waals surface area contributed by atoms with Crippen molar-refractivity contribution >= 4 is 29.9 Å². The van der Waals surface area contributed by atoms with Gasteiger partial charge in [0.05, 0.1) is 6.10 Å². The lowest BCUT2D eigenvalue weighted by atomic mass is 9.55. The molecule has 0 aromatic heterocycles. The van der Waals surface area contributed by atoms with Crippen LogP contribution in [-0.4, -0.2) is 37.8 Å².